The number of hydrogen-bond acceptors (Lipinski definition) is 3. The third kappa shape index (κ3) is 3.56. The summed E-state index contributed by atoms with van der Waals surface area (Å²) in [5, 5.41) is 0. The number of benzene rings is 1. The van der Waals surface area contributed by atoms with Gasteiger partial charge in [0.1, 0.15) is 0 Å². The molecule has 1 saturated heterocycles. The molecule has 0 amide bonds. The van der Waals surface area contributed by atoms with Gasteiger partial charge in [0, 0.05) is 31.2 Å². The Bertz CT molecular complexity index is 388. The topological polar surface area (TPSA) is 32.5 Å². The lowest BCUT2D eigenvalue weighted by molar-refractivity contribution is -0.0118. The zero-order valence-electron chi connectivity index (χ0n) is 12.5. The van der Waals surface area contributed by atoms with E-state index in [0.29, 0.717) is 6.04 Å². The summed E-state index contributed by atoms with van der Waals surface area (Å²) < 4.78 is 0. The smallest absolute Gasteiger partial charge is 0.0280 e. The van der Waals surface area contributed by atoms with Crippen LogP contribution in [0, 0.1) is 0 Å². The lowest BCUT2D eigenvalue weighted by Gasteiger charge is -2.50. The van der Waals surface area contributed by atoms with E-state index in [-0.39, 0.29) is 5.54 Å². The minimum Gasteiger partial charge on any atom is -0.330 e. The van der Waals surface area contributed by atoms with Crippen LogP contribution in [-0.2, 0) is 6.54 Å². The highest BCUT2D eigenvalue weighted by molar-refractivity contribution is 5.15. The van der Waals surface area contributed by atoms with E-state index in [1.807, 2.05) is 0 Å². The first kappa shape index (κ1) is 14.5. The Morgan fingerprint density at radius 1 is 1.26 bits per heavy atom. The van der Waals surface area contributed by atoms with Gasteiger partial charge in [-0.15, -0.1) is 0 Å². The maximum Gasteiger partial charge on any atom is 0.0280 e. The van der Waals surface area contributed by atoms with Gasteiger partial charge in [0.15, 0.2) is 0 Å². The molecule has 2 rings (SSSR count). The number of rotatable bonds is 4. The number of likely N-dealkylation sites (N-methyl/N-ethyl adjacent to an activating group) is 1. The Kier molecular flexibility index (Phi) is 4.61. The standard InChI is InChI=1S/C16H27N3/c1-16(2)13-19(11-14-7-5-4-6-8-14)12-15(9-10-17)18(16)3/h4-8,15H,9-13,17H2,1-3H3. The van der Waals surface area contributed by atoms with Gasteiger partial charge in [0.05, 0.1) is 0 Å². The van der Waals surface area contributed by atoms with E-state index in [9.17, 15) is 0 Å². The van der Waals surface area contributed by atoms with Crippen molar-refractivity contribution in [2.45, 2.75) is 38.4 Å². The van der Waals surface area contributed by atoms with E-state index >= 15 is 0 Å². The first-order chi connectivity index (χ1) is 9.03. The van der Waals surface area contributed by atoms with Gasteiger partial charge in [0.25, 0.3) is 0 Å². The van der Waals surface area contributed by atoms with Gasteiger partial charge in [-0.1, -0.05) is 30.3 Å². The molecule has 1 heterocycles. The maximum atomic E-state index is 5.76. The molecule has 19 heavy (non-hydrogen) atoms. The molecular weight excluding hydrogens is 234 g/mol. The van der Waals surface area contributed by atoms with E-state index in [1.54, 1.807) is 0 Å². The van der Waals surface area contributed by atoms with Crippen molar-refractivity contribution in [2.75, 3.05) is 26.7 Å². The second-order valence-corrected chi connectivity index (χ2v) is 6.31. The molecule has 3 nitrogen and oxygen atoms in total. The Morgan fingerprint density at radius 2 is 1.95 bits per heavy atom. The van der Waals surface area contributed by atoms with E-state index in [2.05, 4.69) is 61.0 Å². The number of nitrogens with two attached hydrogens (primary N) is 1. The fourth-order valence-corrected chi connectivity index (χ4v) is 3.08. The summed E-state index contributed by atoms with van der Waals surface area (Å²) in [6.07, 6.45) is 1.07. The Labute approximate surface area is 117 Å². The molecule has 2 N–H and O–H groups in total. The summed E-state index contributed by atoms with van der Waals surface area (Å²) >= 11 is 0. The molecule has 1 fully saturated rings. The molecule has 0 aromatic heterocycles. The van der Waals surface area contributed by atoms with E-state index < -0.39 is 0 Å². The zero-order valence-corrected chi connectivity index (χ0v) is 12.5. The summed E-state index contributed by atoms with van der Waals surface area (Å²) in [6, 6.07) is 11.3. The van der Waals surface area contributed by atoms with E-state index in [4.69, 9.17) is 5.73 Å². The van der Waals surface area contributed by atoms with Crippen molar-refractivity contribution < 1.29 is 0 Å². The molecule has 1 aromatic carbocycles. The Balaban J connectivity index is 2.05. The predicted octanol–water partition coefficient (Wildman–Crippen LogP) is 1.93. The van der Waals surface area contributed by atoms with Crippen molar-refractivity contribution in [3.05, 3.63) is 35.9 Å². The molecule has 0 bridgehead atoms. The van der Waals surface area contributed by atoms with Gasteiger partial charge in [-0.3, -0.25) is 9.80 Å². The minimum absolute atomic E-state index is 0.215. The van der Waals surface area contributed by atoms with Crippen LogP contribution < -0.4 is 5.73 Å². The highest BCUT2D eigenvalue weighted by Gasteiger charge is 2.36. The van der Waals surface area contributed by atoms with Crippen LogP contribution in [0.15, 0.2) is 30.3 Å². The van der Waals surface area contributed by atoms with Crippen LogP contribution in [0.4, 0.5) is 0 Å². The third-order valence-electron chi connectivity index (χ3n) is 4.33. The van der Waals surface area contributed by atoms with Crippen LogP contribution in [-0.4, -0.2) is 48.1 Å². The summed E-state index contributed by atoms with van der Waals surface area (Å²) in [5.74, 6) is 0. The van der Waals surface area contributed by atoms with E-state index in [1.165, 1.54) is 5.56 Å². The molecular formula is C16H27N3. The lowest BCUT2D eigenvalue weighted by atomic mass is 9.94. The number of hydrogen-bond donors (Lipinski definition) is 1. The van der Waals surface area contributed by atoms with Crippen molar-refractivity contribution in [1.29, 1.82) is 0 Å². The zero-order chi connectivity index (χ0) is 13.9. The Morgan fingerprint density at radius 3 is 2.58 bits per heavy atom. The highest BCUT2D eigenvalue weighted by atomic mass is 15.3. The Hall–Kier alpha value is -0.900. The van der Waals surface area contributed by atoms with Crippen LogP contribution in [0.2, 0.25) is 0 Å². The van der Waals surface area contributed by atoms with Gasteiger partial charge >= 0.3 is 0 Å². The molecule has 0 radical (unpaired) electrons. The first-order valence-corrected chi connectivity index (χ1v) is 7.22. The second-order valence-electron chi connectivity index (χ2n) is 6.31. The van der Waals surface area contributed by atoms with Crippen LogP contribution in [0.5, 0.6) is 0 Å². The van der Waals surface area contributed by atoms with Crippen LogP contribution in [0.1, 0.15) is 25.8 Å². The largest absolute Gasteiger partial charge is 0.330 e. The summed E-state index contributed by atoms with van der Waals surface area (Å²) in [5.41, 5.74) is 7.38. The van der Waals surface area contributed by atoms with E-state index in [0.717, 1.165) is 32.6 Å². The SMILES string of the molecule is CN1C(CCN)CN(Cc2ccccc2)CC1(C)C. The molecule has 1 atom stereocenters. The first-order valence-electron chi connectivity index (χ1n) is 7.22. The minimum atomic E-state index is 0.215. The van der Waals surface area contributed by atoms with Crippen molar-refractivity contribution in [3.63, 3.8) is 0 Å². The molecule has 0 aliphatic carbocycles. The van der Waals surface area contributed by atoms with Gasteiger partial charge in [-0.05, 0) is 39.4 Å². The van der Waals surface area contributed by atoms with Crippen molar-refractivity contribution >= 4 is 0 Å². The average molecular weight is 261 g/mol. The summed E-state index contributed by atoms with van der Waals surface area (Å²) in [7, 11) is 2.24. The van der Waals surface area contributed by atoms with Crippen LogP contribution in [0.25, 0.3) is 0 Å². The lowest BCUT2D eigenvalue weighted by Crippen LogP contribution is -2.62. The monoisotopic (exact) mass is 261 g/mol. The summed E-state index contributed by atoms with van der Waals surface area (Å²) in [6.45, 7) is 8.69. The molecule has 1 aliphatic rings. The molecule has 1 unspecified atom stereocenters. The maximum absolute atomic E-state index is 5.76. The summed E-state index contributed by atoms with van der Waals surface area (Å²) in [4.78, 5) is 5.07. The molecule has 1 aromatic rings. The molecule has 0 saturated carbocycles. The number of nitrogens with zero attached hydrogens (tertiary/aromatic N) is 2. The quantitative estimate of drug-likeness (QED) is 0.899. The fraction of sp³-hybridized carbons (Fsp3) is 0.625. The van der Waals surface area contributed by atoms with Crippen LogP contribution >= 0.6 is 0 Å². The third-order valence-corrected chi connectivity index (χ3v) is 4.33. The molecule has 0 spiro atoms. The number of piperazine rings is 1. The van der Waals surface area contributed by atoms with Gasteiger partial charge < -0.3 is 5.73 Å². The average Bonchev–Trinajstić information content (AvgIpc) is 2.36. The van der Waals surface area contributed by atoms with Crippen LogP contribution in [0.3, 0.4) is 0 Å². The van der Waals surface area contributed by atoms with Crippen molar-refractivity contribution in [1.82, 2.24) is 9.80 Å². The van der Waals surface area contributed by atoms with Gasteiger partial charge in [-0.25, -0.2) is 0 Å². The van der Waals surface area contributed by atoms with Crippen molar-refractivity contribution in [2.24, 2.45) is 5.73 Å². The normalized spacial score (nSPS) is 24.5. The molecule has 106 valence electrons. The van der Waals surface area contributed by atoms with Gasteiger partial charge in [0.2, 0.25) is 0 Å². The molecule has 1 aliphatic heterocycles. The fourth-order valence-electron chi connectivity index (χ4n) is 3.08. The molecule has 3 heteroatoms. The van der Waals surface area contributed by atoms with Gasteiger partial charge in [-0.2, -0.15) is 0 Å². The second kappa shape index (κ2) is 6.04. The highest BCUT2D eigenvalue weighted by Crippen LogP contribution is 2.25. The van der Waals surface area contributed by atoms with Crippen molar-refractivity contribution in [3.8, 4) is 0 Å². The predicted molar refractivity (Wildman–Crippen MR) is 81.0 cm³/mol.